The van der Waals surface area contributed by atoms with E-state index in [2.05, 4.69) is 54.9 Å². The average Bonchev–Trinajstić information content (AvgIpc) is 3.31. The predicted octanol–water partition coefficient (Wildman–Crippen LogP) is 3.88. The zero-order chi connectivity index (χ0) is 24.4. The molecule has 0 unspecified atom stereocenters. The van der Waals surface area contributed by atoms with Crippen molar-refractivity contribution in [3.8, 4) is 23.3 Å². The Morgan fingerprint density at radius 1 is 1.09 bits per heavy atom. The summed E-state index contributed by atoms with van der Waals surface area (Å²) in [6.07, 6.45) is 2.85. The van der Waals surface area contributed by atoms with E-state index < -0.39 is 0 Å². The first-order chi connectivity index (χ1) is 17.0. The number of amides is 1. The number of carbonyl (C=O) groups is 1. The highest BCUT2D eigenvalue weighted by atomic mass is 16.7. The second-order valence-corrected chi connectivity index (χ2v) is 10.1. The molecule has 2 aromatic rings. The van der Waals surface area contributed by atoms with Crippen LogP contribution in [0.2, 0.25) is 0 Å². The second kappa shape index (κ2) is 10.3. The van der Waals surface area contributed by atoms with Gasteiger partial charge in [-0.1, -0.05) is 37.8 Å². The van der Waals surface area contributed by atoms with Gasteiger partial charge in [-0.3, -0.25) is 9.69 Å². The van der Waals surface area contributed by atoms with Crippen LogP contribution in [0.5, 0.6) is 11.5 Å². The molecule has 1 amide bonds. The number of nitrogens with zero attached hydrogens (tertiary/aromatic N) is 2. The Labute approximate surface area is 207 Å². The third-order valence-electron chi connectivity index (χ3n) is 7.32. The van der Waals surface area contributed by atoms with E-state index in [0.717, 1.165) is 37.9 Å². The van der Waals surface area contributed by atoms with Crippen molar-refractivity contribution in [3.63, 3.8) is 0 Å². The van der Waals surface area contributed by atoms with Crippen molar-refractivity contribution in [2.45, 2.75) is 51.1 Å². The van der Waals surface area contributed by atoms with E-state index in [0.29, 0.717) is 29.5 Å². The minimum atomic E-state index is 0.0205. The Balaban J connectivity index is 1.34. The number of rotatable bonds is 4. The quantitative estimate of drug-likeness (QED) is 0.682. The highest BCUT2D eigenvalue weighted by Gasteiger charge is 2.49. The Morgan fingerprint density at radius 2 is 1.86 bits per heavy atom. The van der Waals surface area contributed by atoms with E-state index >= 15 is 0 Å². The van der Waals surface area contributed by atoms with Crippen LogP contribution in [-0.4, -0.2) is 65.9 Å². The summed E-state index contributed by atoms with van der Waals surface area (Å²) in [7, 11) is 0. The van der Waals surface area contributed by atoms with Gasteiger partial charge < -0.3 is 19.5 Å². The molecular weight excluding hydrogens is 440 g/mol. The topological polar surface area (TPSA) is 62.2 Å². The highest BCUT2D eigenvalue weighted by molar-refractivity contribution is 5.95. The first-order valence-corrected chi connectivity index (χ1v) is 12.7. The van der Waals surface area contributed by atoms with Gasteiger partial charge in [0.1, 0.15) is 0 Å². The van der Waals surface area contributed by atoms with E-state index in [1.807, 2.05) is 17.0 Å². The van der Waals surface area contributed by atoms with Crippen LogP contribution in [0.1, 0.15) is 60.5 Å². The Morgan fingerprint density at radius 3 is 2.63 bits per heavy atom. The van der Waals surface area contributed by atoms with Gasteiger partial charge in [0.05, 0.1) is 6.61 Å². The first-order valence-electron chi connectivity index (χ1n) is 12.7. The Bertz CT molecular complexity index is 1120. The van der Waals surface area contributed by atoms with E-state index in [-0.39, 0.29) is 37.3 Å². The summed E-state index contributed by atoms with van der Waals surface area (Å²) in [5.41, 5.74) is 2.85. The molecule has 3 atom stereocenters. The predicted molar refractivity (Wildman–Crippen MR) is 135 cm³/mol. The number of aliphatic hydroxyl groups is 1. The minimum absolute atomic E-state index is 0.0205. The zero-order valence-electron chi connectivity index (χ0n) is 20.6. The van der Waals surface area contributed by atoms with Gasteiger partial charge in [0.15, 0.2) is 11.5 Å². The van der Waals surface area contributed by atoms with Crippen LogP contribution < -0.4 is 9.47 Å². The van der Waals surface area contributed by atoms with Gasteiger partial charge in [0, 0.05) is 48.6 Å². The van der Waals surface area contributed by atoms with Crippen molar-refractivity contribution in [2.24, 2.45) is 5.92 Å². The van der Waals surface area contributed by atoms with Crippen LogP contribution in [0.25, 0.3) is 0 Å². The smallest absolute Gasteiger partial charge is 0.254 e. The Hall–Kier alpha value is -3.01. The molecule has 35 heavy (non-hydrogen) atoms. The van der Waals surface area contributed by atoms with E-state index in [4.69, 9.17) is 9.47 Å². The first kappa shape index (κ1) is 23.7. The molecule has 2 fully saturated rings. The molecule has 1 N–H and O–H groups in total. The number of hydrogen-bond acceptors (Lipinski definition) is 5. The number of carbonyl (C=O) groups excluding carboxylic acids is 1. The van der Waals surface area contributed by atoms with Crippen molar-refractivity contribution >= 4 is 5.91 Å². The van der Waals surface area contributed by atoms with E-state index in [9.17, 15) is 9.90 Å². The lowest BCUT2D eigenvalue weighted by molar-refractivity contribution is -0.0606. The van der Waals surface area contributed by atoms with Crippen LogP contribution >= 0.6 is 0 Å². The number of hydrogen-bond donors (Lipinski definition) is 1. The lowest BCUT2D eigenvalue weighted by Crippen LogP contribution is -2.67. The van der Waals surface area contributed by atoms with Crippen molar-refractivity contribution in [1.29, 1.82) is 0 Å². The molecule has 2 saturated heterocycles. The third kappa shape index (κ3) is 4.89. The van der Waals surface area contributed by atoms with Crippen LogP contribution in [0.15, 0.2) is 42.5 Å². The average molecular weight is 475 g/mol. The van der Waals surface area contributed by atoms with Crippen LogP contribution in [0.4, 0.5) is 0 Å². The summed E-state index contributed by atoms with van der Waals surface area (Å²) < 4.78 is 10.9. The lowest BCUT2D eigenvalue weighted by atomic mass is 9.74. The normalized spacial score (nSPS) is 23.5. The molecule has 0 bridgehead atoms. The SMILES string of the molecule is CC(C)CC#Cc1ccc([C@@H]2[C@H](CO)N3CCCCN(C(=O)c4ccc5c(c4)OCO5)C[C@@H]23)cc1. The minimum Gasteiger partial charge on any atom is -0.454 e. The number of aliphatic hydroxyl groups excluding tert-OH is 1. The zero-order valence-corrected chi connectivity index (χ0v) is 20.6. The molecule has 5 rings (SSSR count). The summed E-state index contributed by atoms with van der Waals surface area (Å²) >= 11 is 0. The van der Waals surface area contributed by atoms with Gasteiger partial charge in [-0.2, -0.15) is 0 Å². The van der Waals surface area contributed by atoms with Crippen LogP contribution in [-0.2, 0) is 0 Å². The molecule has 0 radical (unpaired) electrons. The van der Waals surface area contributed by atoms with Crippen molar-refractivity contribution in [1.82, 2.24) is 9.80 Å². The largest absolute Gasteiger partial charge is 0.454 e. The molecule has 0 saturated carbocycles. The molecule has 6 nitrogen and oxygen atoms in total. The third-order valence-corrected chi connectivity index (χ3v) is 7.32. The molecule has 184 valence electrons. The molecule has 0 aliphatic carbocycles. The molecular formula is C29H34N2O4. The summed E-state index contributed by atoms with van der Waals surface area (Å²) in [4.78, 5) is 17.8. The summed E-state index contributed by atoms with van der Waals surface area (Å²) in [6, 6.07) is 14.1. The van der Waals surface area contributed by atoms with Gasteiger partial charge in [-0.15, -0.1) is 0 Å². The van der Waals surface area contributed by atoms with Gasteiger partial charge >= 0.3 is 0 Å². The maximum Gasteiger partial charge on any atom is 0.254 e. The number of ether oxygens (including phenoxy) is 2. The molecule has 0 aromatic heterocycles. The molecule has 2 aromatic carbocycles. The highest BCUT2D eigenvalue weighted by Crippen LogP contribution is 2.42. The van der Waals surface area contributed by atoms with Crippen molar-refractivity contribution in [2.75, 3.05) is 33.0 Å². The fraction of sp³-hybridized carbons (Fsp3) is 0.483. The van der Waals surface area contributed by atoms with Crippen molar-refractivity contribution in [3.05, 3.63) is 59.2 Å². The van der Waals surface area contributed by atoms with E-state index in [1.54, 1.807) is 6.07 Å². The molecule has 3 aliphatic heterocycles. The van der Waals surface area contributed by atoms with Gasteiger partial charge in [0.25, 0.3) is 5.91 Å². The van der Waals surface area contributed by atoms with Crippen LogP contribution in [0.3, 0.4) is 0 Å². The molecule has 6 heteroatoms. The van der Waals surface area contributed by atoms with Crippen molar-refractivity contribution < 1.29 is 19.4 Å². The van der Waals surface area contributed by atoms with E-state index in [1.165, 1.54) is 5.56 Å². The second-order valence-electron chi connectivity index (χ2n) is 10.1. The summed E-state index contributed by atoms with van der Waals surface area (Å²) in [6.45, 7) is 6.99. The molecule has 3 aliphatic rings. The fourth-order valence-electron chi connectivity index (χ4n) is 5.48. The standard InChI is InChI=1S/C29H34N2O4/c1-20(2)6-5-7-21-8-10-22(11-9-21)28-24-17-30(14-3-4-15-31(24)25(28)18-32)29(33)23-12-13-26-27(16-23)35-19-34-26/h8-13,16,20,24-25,28,32H,3-4,6,14-15,17-19H2,1-2H3/t24-,25-,28-/m0/s1. The molecule has 0 spiro atoms. The lowest BCUT2D eigenvalue weighted by Gasteiger charge is -2.57. The monoisotopic (exact) mass is 474 g/mol. The summed E-state index contributed by atoms with van der Waals surface area (Å²) in [5.74, 6) is 8.58. The fourth-order valence-corrected chi connectivity index (χ4v) is 5.48. The van der Waals surface area contributed by atoms with Gasteiger partial charge in [-0.05, 0) is 61.2 Å². The number of benzene rings is 2. The maximum absolute atomic E-state index is 13.5. The maximum atomic E-state index is 13.5. The summed E-state index contributed by atoms with van der Waals surface area (Å²) in [5, 5.41) is 10.2. The Kier molecular flexibility index (Phi) is 6.99. The van der Waals surface area contributed by atoms with Crippen LogP contribution in [0, 0.1) is 17.8 Å². The van der Waals surface area contributed by atoms with Gasteiger partial charge in [-0.25, -0.2) is 0 Å². The number of fused-ring (bicyclic) bond motifs is 2. The van der Waals surface area contributed by atoms with Gasteiger partial charge in [0.2, 0.25) is 6.79 Å². The molecule has 3 heterocycles.